The molecular formula is C14H18O4. The Bertz CT molecular complexity index is 479. The van der Waals surface area contributed by atoms with Crippen molar-refractivity contribution in [2.45, 2.75) is 39.7 Å². The van der Waals surface area contributed by atoms with E-state index in [0.717, 1.165) is 22.4 Å². The van der Waals surface area contributed by atoms with Crippen LogP contribution in [-0.2, 0) is 16.0 Å². The van der Waals surface area contributed by atoms with Crippen LogP contribution in [0.4, 0.5) is 0 Å². The predicted molar refractivity (Wildman–Crippen MR) is 67.0 cm³/mol. The molecule has 1 atom stereocenters. The Morgan fingerprint density at radius 3 is 2.94 bits per heavy atom. The standard InChI is InChI=1S/C14H18O4/c1-4-17-13(15)7-10-6-11-9(3)14(16)8(2)5-12(11)18-10/h5,10,16H,4,6-7H2,1-3H3. The van der Waals surface area contributed by atoms with E-state index in [9.17, 15) is 9.90 Å². The number of aryl methyl sites for hydroxylation is 1. The minimum atomic E-state index is -0.242. The van der Waals surface area contributed by atoms with Crippen LogP contribution in [0.25, 0.3) is 0 Å². The lowest BCUT2D eigenvalue weighted by Crippen LogP contribution is -2.19. The van der Waals surface area contributed by atoms with Crippen LogP contribution >= 0.6 is 0 Å². The normalized spacial score (nSPS) is 17.2. The van der Waals surface area contributed by atoms with Gasteiger partial charge in [0.25, 0.3) is 0 Å². The first-order chi connectivity index (χ1) is 8.52. The van der Waals surface area contributed by atoms with Crippen LogP contribution in [0.1, 0.15) is 30.0 Å². The van der Waals surface area contributed by atoms with E-state index < -0.39 is 0 Å². The van der Waals surface area contributed by atoms with E-state index in [0.29, 0.717) is 18.8 Å². The number of carbonyl (C=O) groups is 1. The third-order valence-corrected chi connectivity index (χ3v) is 3.25. The zero-order valence-corrected chi connectivity index (χ0v) is 10.9. The highest BCUT2D eigenvalue weighted by Crippen LogP contribution is 2.38. The summed E-state index contributed by atoms with van der Waals surface area (Å²) in [4.78, 5) is 11.4. The van der Waals surface area contributed by atoms with Crippen molar-refractivity contribution in [1.29, 1.82) is 0 Å². The molecule has 0 radical (unpaired) electrons. The molecular weight excluding hydrogens is 232 g/mol. The molecule has 1 aromatic carbocycles. The second kappa shape index (κ2) is 4.88. The Morgan fingerprint density at radius 2 is 2.28 bits per heavy atom. The molecule has 1 aromatic rings. The van der Waals surface area contributed by atoms with Crippen LogP contribution < -0.4 is 4.74 Å². The van der Waals surface area contributed by atoms with Crippen molar-refractivity contribution in [3.8, 4) is 11.5 Å². The Balaban J connectivity index is 2.13. The van der Waals surface area contributed by atoms with E-state index >= 15 is 0 Å². The first-order valence-electron chi connectivity index (χ1n) is 6.17. The topological polar surface area (TPSA) is 55.8 Å². The van der Waals surface area contributed by atoms with E-state index in [1.807, 2.05) is 19.9 Å². The highest BCUT2D eigenvalue weighted by molar-refractivity contribution is 5.70. The number of phenolic OH excluding ortho intramolecular Hbond substituents is 1. The van der Waals surface area contributed by atoms with Crippen LogP contribution in [0.2, 0.25) is 0 Å². The monoisotopic (exact) mass is 250 g/mol. The van der Waals surface area contributed by atoms with Gasteiger partial charge >= 0.3 is 5.97 Å². The van der Waals surface area contributed by atoms with Gasteiger partial charge in [-0.1, -0.05) is 0 Å². The first-order valence-corrected chi connectivity index (χ1v) is 6.17. The second-order valence-corrected chi connectivity index (χ2v) is 4.60. The van der Waals surface area contributed by atoms with Gasteiger partial charge in [0, 0.05) is 12.0 Å². The highest BCUT2D eigenvalue weighted by atomic mass is 16.5. The van der Waals surface area contributed by atoms with Gasteiger partial charge in [0.2, 0.25) is 0 Å². The summed E-state index contributed by atoms with van der Waals surface area (Å²) in [5.74, 6) is 0.847. The Morgan fingerprint density at radius 1 is 1.56 bits per heavy atom. The number of hydrogen-bond acceptors (Lipinski definition) is 4. The number of aromatic hydroxyl groups is 1. The molecule has 4 heteroatoms. The molecule has 4 nitrogen and oxygen atoms in total. The van der Waals surface area contributed by atoms with Gasteiger partial charge in [-0.2, -0.15) is 0 Å². The third-order valence-electron chi connectivity index (χ3n) is 3.25. The largest absolute Gasteiger partial charge is 0.507 e. The molecule has 0 saturated heterocycles. The summed E-state index contributed by atoms with van der Waals surface area (Å²) in [5.41, 5.74) is 2.63. The average Bonchev–Trinajstić information content (AvgIpc) is 2.69. The number of hydrogen-bond donors (Lipinski definition) is 1. The molecule has 0 aliphatic carbocycles. The van der Waals surface area contributed by atoms with E-state index in [1.54, 1.807) is 6.92 Å². The lowest BCUT2D eigenvalue weighted by molar-refractivity contribution is -0.144. The van der Waals surface area contributed by atoms with E-state index in [-0.39, 0.29) is 18.5 Å². The van der Waals surface area contributed by atoms with Gasteiger partial charge in [-0.05, 0) is 38.0 Å². The van der Waals surface area contributed by atoms with Crippen LogP contribution in [0.3, 0.4) is 0 Å². The van der Waals surface area contributed by atoms with Crippen molar-refractivity contribution in [1.82, 2.24) is 0 Å². The average molecular weight is 250 g/mol. The maximum absolute atomic E-state index is 11.4. The molecule has 98 valence electrons. The summed E-state index contributed by atoms with van der Waals surface area (Å²) in [6.45, 7) is 5.88. The molecule has 1 heterocycles. The van der Waals surface area contributed by atoms with Crippen molar-refractivity contribution in [3.05, 3.63) is 22.8 Å². The smallest absolute Gasteiger partial charge is 0.309 e. The van der Waals surface area contributed by atoms with Crippen molar-refractivity contribution in [3.63, 3.8) is 0 Å². The van der Waals surface area contributed by atoms with E-state index in [1.165, 1.54) is 0 Å². The van der Waals surface area contributed by atoms with Crippen LogP contribution in [0, 0.1) is 13.8 Å². The molecule has 0 saturated carbocycles. The summed E-state index contributed by atoms with van der Waals surface area (Å²) in [5, 5.41) is 9.88. The predicted octanol–water partition coefficient (Wildman–Crippen LogP) is 2.27. The highest BCUT2D eigenvalue weighted by Gasteiger charge is 2.28. The SMILES string of the molecule is CCOC(=O)CC1Cc2c(cc(C)c(O)c2C)O1. The molecule has 0 bridgehead atoms. The van der Waals surface area contributed by atoms with Gasteiger partial charge in [-0.3, -0.25) is 4.79 Å². The maximum Gasteiger partial charge on any atom is 0.309 e. The van der Waals surface area contributed by atoms with Gasteiger partial charge in [0.15, 0.2) is 0 Å². The second-order valence-electron chi connectivity index (χ2n) is 4.60. The first kappa shape index (κ1) is 12.7. The fourth-order valence-electron chi connectivity index (χ4n) is 2.30. The fraction of sp³-hybridized carbons (Fsp3) is 0.500. The number of phenols is 1. The lowest BCUT2D eigenvalue weighted by atomic mass is 9.99. The van der Waals surface area contributed by atoms with Crippen molar-refractivity contribution < 1.29 is 19.4 Å². The van der Waals surface area contributed by atoms with Gasteiger partial charge < -0.3 is 14.6 Å². The van der Waals surface area contributed by atoms with Gasteiger partial charge in [0.05, 0.1) is 13.0 Å². The number of ether oxygens (including phenoxy) is 2. The zero-order valence-electron chi connectivity index (χ0n) is 10.9. The number of benzene rings is 1. The molecule has 1 unspecified atom stereocenters. The number of rotatable bonds is 3. The van der Waals surface area contributed by atoms with E-state index in [2.05, 4.69) is 0 Å². The van der Waals surface area contributed by atoms with Gasteiger partial charge in [0.1, 0.15) is 17.6 Å². The van der Waals surface area contributed by atoms with Crippen LogP contribution in [-0.4, -0.2) is 23.8 Å². The zero-order chi connectivity index (χ0) is 13.3. The molecule has 1 N–H and O–H groups in total. The number of carbonyl (C=O) groups excluding carboxylic acids is 1. The number of fused-ring (bicyclic) bond motifs is 1. The number of esters is 1. The quantitative estimate of drug-likeness (QED) is 0.836. The summed E-state index contributed by atoms with van der Waals surface area (Å²) in [6, 6.07) is 1.82. The maximum atomic E-state index is 11.4. The Labute approximate surface area is 107 Å². The van der Waals surface area contributed by atoms with Crippen LogP contribution in [0.15, 0.2) is 6.07 Å². The van der Waals surface area contributed by atoms with Crippen LogP contribution in [0.5, 0.6) is 11.5 Å². The third kappa shape index (κ3) is 2.28. The van der Waals surface area contributed by atoms with Crippen molar-refractivity contribution >= 4 is 5.97 Å². The minimum Gasteiger partial charge on any atom is -0.507 e. The Kier molecular flexibility index (Phi) is 3.45. The van der Waals surface area contributed by atoms with E-state index in [4.69, 9.17) is 9.47 Å². The Hall–Kier alpha value is -1.71. The molecule has 1 aliphatic rings. The van der Waals surface area contributed by atoms with Gasteiger partial charge in [-0.15, -0.1) is 0 Å². The lowest BCUT2D eigenvalue weighted by Gasteiger charge is -2.09. The molecule has 1 aliphatic heterocycles. The molecule has 18 heavy (non-hydrogen) atoms. The summed E-state index contributed by atoms with van der Waals surface area (Å²) >= 11 is 0. The molecule has 0 spiro atoms. The molecule has 0 fully saturated rings. The summed E-state index contributed by atoms with van der Waals surface area (Å²) < 4.78 is 10.6. The minimum absolute atomic E-state index is 0.182. The molecule has 2 rings (SSSR count). The molecule has 0 amide bonds. The molecule has 0 aromatic heterocycles. The van der Waals surface area contributed by atoms with Crippen molar-refractivity contribution in [2.75, 3.05) is 6.61 Å². The summed E-state index contributed by atoms with van der Waals surface area (Å²) in [6.07, 6.45) is 0.717. The summed E-state index contributed by atoms with van der Waals surface area (Å²) in [7, 11) is 0. The van der Waals surface area contributed by atoms with Crippen molar-refractivity contribution in [2.24, 2.45) is 0 Å². The fourth-order valence-corrected chi connectivity index (χ4v) is 2.30. The van der Waals surface area contributed by atoms with Gasteiger partial charge in [-0.25, -0.2) is 0 Å².